The van der Waals surface area contributed by atoms with Gasteiger partial charge in [0.05, 0.1) is 0 Å². The van der Waals surface area contributed by atoms with E-state index in [4.69, 9.17) is 0 Å². The standard InChI is InChI=1S/C14H18O.C7H8.2C2H6/c1-9(2)6-12(5)13-7-10(3)11(4)8-14(13)15;1-7-5-3-2-4-6-7;2*1-2/h6-8,15H,5H2,1-4H3;2-6H,1H3;2*1-2H3. The highest BCUT2D eigenvalue weighted by atomic mass is 16.3. The molecule has 0 spiro atoms. The van der Waals surface area contributed by atoms with Crippen LogP contribution in [0.4, 0.5) is 0 Å². The van der Waals surface area contributed by atoms with Crippen molar-refractivity contribution in [2.24, 2.45) is 0 Å². The highest BCUT2D eigenvalue weighted by Gasteiger charge is 2.05. The van der Waals surface area contributed by atoms with Crippen LogP contribution in [0.2, 0.25) is 0 Å². The largest absolute Gasteiger partial charge is 0.507 e. The summed E-state index contributed by atoms with van der Waals surface area (Å²) in [5.41, 5.74) is 6.45. The molecule has 2 aromatic carbocycles. The zero-order chi connectivity index (χ0) is 20.7. The smallest absolute Gasteiger partial charge is 0.123 e. The Bertz CT molecular complexity index is 660. The van der Waals surface area contributed by atoms with E-state index in [0.717, 1.165) is 16.7 Å². The van der Waals surface area contributed by atoms with Crippen molar-refractivity contribution >= 4 is 5.57 Å². The minimum absolute atomic E-state index is 0.306. The second-order valence-electron chi connectivity index (χ2n) is 5.86. The highest BCUT2D eigenvalue weighted by Crippen LogP contribution is 2.28. The summed E-state index contributed by atoms with van der Waals surface area (Å²) in [4.78, 5) is 0. The lowest BCUT2D eigenvalue weighted by Crippen LogP contribution is -1.87. The van der Waals surface area contributed by atoms with Crippen LogP contribution in [0.15, 0.2) is 60.7 Å². The van der Waals surface area contributed by atoms with Crippen LogP contribution in [0.25, 0.3) is 5.57 Å². The lowest BCUT2D eigenvalue weighted by Gasteiger charge is -2.08. The molecule has 0 fully saturated rings. The Labute approximate surface area is 162 Å². The first-order valence-corrected chi connectivity index (χ1v) is 9.47. The number of hydrogen-bond acceptors (Lipinski definition) is 1. The van der Waals surface area contributed by atoms with Gasteiger partial charge in [0.1, 0.15) is 5.75 Å². The second kappa shape index (κ2) is 15.0. The van der Waals surface area contributed by atoms with E-state index in [0.29, 0.717) is 5.75 Å². The molecule has 2 aromatic rings. The summed E-state index contributed by atoms with van der Waals surface area (Å²) in [5.74, 6) is 0.306. The fourth-order valence-corrected chi connectivity index (χ4v) is 2.02. The van der Waals surface area contributed by atoms with Crippen molar-refractivity contribution in [3.05, 3.63) is 82.9 Å². The van der Waals surface area contributed by atoms with Crippen molar-refractivity contribution in [1.82, 2.24) is 0 Å². The molecule has 0 saturated carbocycles. The molecule has 1 nitrogen and oxygen atoms in total. The molecule has 0 bridgehead atoms. The number of aryl methyl sites for hydroxylation is 3. The maximum absolute atomic E-state index is 9.81. The van der Waals surface area contributed by atoms with Crippen LogP contribution in [-0.4, -0.2) is 5.11 Å². The van der Waals surface area contributed by atoms with Crippen LogP contribution >= 0.6 is 0 Å². The number of benzene rings is 2. The lowest BCUT2D eigenvalue weighted by atomic mass is 9.99. The molecule has 0 unspecified atom stereocenters. The van der Waals surface area contributed by atoms with Gasteiger partial charge in [-0.15, -0.1) is 0 Å². The normalized spacial score (nSPS) is 8.50. The zero-order valence-electron chi connectivity index (χ0n) is 18.3. The molecule has 26 heavy (non-hydrogen) atoms. The first-order valence-electron chi connectivity index (χ1n) is 9.47. The molecule has 0 saturated heterocycles. The minimum Gasteiger partial charge on any atom is -0.507 e. The Balaban J connectivity index is 0. The minimum atomic E-state index is 0.306. The van der Waals surface area contributed by atoms with E-state index in [2.05, 4.69) is 25.6 Å². The monoisotopic (exact) mass is 354 g/mol. The number of allylic oxidation sites excluding steroid dienone is 3. The number of hydrogen-bond donors (Lipinski definition) is 1. The van der Waals surface area contributed by atoms with Crippen molar-refractivity contribution in [3.8, 4) is 5.75 Å². The van der Waals surface area contributed by atoms with Crippen molar-refractivity contribution < 1.29 is 5.11 Å². The Morgan fingerprint density at radius 3 is 1.69 bits per heavy atom. The van der Waals surface area contributed by atoms with Gasteiger partial charge in [-0.05, 0) is 63.5 Å². The molecule has 0 heterocycles. The highest BCUT2D eigenvalue weighted by molar-refractivity contribution is 5.77. The molecule has 144 valence electrons. The van der Waals surface area contributed by atoms with Crippen molar-refractivity contribution in [2.45, 2.75) is 62.3 Å². The Morgan fingerprint density at radius 2 is 1.31 bits per heavy atom. The molecule has 0 aromatic heterocycles. The van der Waals surface area contributed by atoms with Crippen LogP contribution < -0.4 is 0 Å². The van der Waals surface area contributed by atoms with E-state index in [1.165, 1.54) is 16.7 Å². The van der Waals surface area contributed by atoms with Crippen LogP contribution in [0.3, 0.4) is 0 Å². The Hall–Kier alpha value is -2.28. The van der Waals surface area contributed by atoms with Gasteiger partial charge in [-0.1, -0.05) is 81.8 Å². The number of rotatable bonds is 2. The molecule has 0 aliphatic carbocycles. The molecule has 0 aliphatic heterocycles. The second-order valence-corrected chi connectivity index (χ2v) is 5.86. The number of aromatic hydroxyl groups is 1. The summed E-state index contributed by atoms with van der Waals surface area (Å²) in [6, 6.07) is 14.0. The fourth-order valence-electron chi connectivity index (χ4n) is 2.02. The summed E-state index contributed by atoms with van der Waals surface area (Å²) in [6.45, 7) is 22.1. The SMILES string of the molecule is C=C(C=C(C)C)c1cc(C)c(C)cc1O.CC.CC.Cc1ccccc1. The fraction of sp³-hybridized carbons (Fsp3) is 0.360. The van der Waals surface area contributed by atoms with Crippen LogP contribution in [0.1, 0.15) is 63.8 Å². The Kier molecular flexibility index (Phi) is 15.0. The van der Waals surface area contributed by atoms with E-state index >= 15 is 0 Å². The summed E-state index contributed by atoms with van der Waals surface area (Å²) in [5, 5.41) is 9.81. The van der Waals surface area contributed by atoms with E-state index in [1.54, 1.807) is 6.07 Å². The predicted octanol–water partition coefficient (Wildman–Crippen LogP) is 8.04. The first kappa shape index (κ1) is 26.0. The lowest BCUT2D eigenvalue weighted by molar-refractivity contribution is 0.473. The molecule has 2 rings (SSSR count). The third-order valence-electron chi connectivity index (χ3n) is 3.36. The van der Waals surface area contributed by atoms with E-state index in [-0.39, 0.29) is 0 Å². The summed E-state index contributed by atoms with van der Waals surface area (Å²) in [7, 11) is 0. The van der Waals surface area contributed by atoms with Crippen LogP contribution in [0, 0.1) is 20.8 Å². The maximum atomic E-state index is 9.81. The number of phenolic OH excluding ortho intramolecular Hbond substituents is 1. The van der Waals surface area contributed by atoms with Gasteiger partial charge >= 0.3 is 0 Å². The molecule has 1 N–H and O–H groups in total. The average Bonchev–Trinajstić information content (AvgIpc) is 2.62. The number of phenols is 1. The van der Waals surface area contributed by atoms with Crippen LogP contribution in [0.5, 0.6) is 5.75 Å². The molecule has 0 amide bonds. The van der Waals surface area contributed by atoms with Gasteiger partial charge in [0.15, 0.2) is 0 Å². The molecular weight excluding hydrogens is 316 g/mol. The van der Waals surface area contributed by atoms with Gasteiger partial charge < -0.3 is 5.11 Å². The molecule has 0 atom stereocenters. The molecular formula is C25H38O. The first-order chi connectivity index (χ1) is 12.3. The topological polar surface area (TPSA) is 20.2 Å². The van der Waals surface area contributed by atoms with E-state index < -0.39 is 0 Å². The van der Waals surface area contributed by atoms with Gasteiger partial charge in [-0.25, -0.2) is 0 Å². The summed E-state index contributed by atoms with van der Waals surface area (Å²) < 4.78 is 0. The van der Waals surface area contributed by atoms with Gasteiger partial charge in [0.2, 0.25) is 0 Å². The molecule has 1 heteroatoms. The zero-order valence-corrected chi connectivity index (χ0v) is 18.3. The third-order valence-corrected chi connectivity index (χ3v) is 3.36. The maximum Gasteiger partial charge on any atom is 0.123 e. The van der Waals surface area contributed by atoms with E-state index in [1.807, 2.05) is 85.7 Å². The van der Waals surface area contributed by atoms with E-state index in [9.17, 15) is 5.11 Å². The average molecular weight is 355 g/mol. The van der Waals surface area contributed by atoms with Gasteiger partial charge in [0.25, 0.3) is 0 Å². The van der Waals surface area contributed by atoms with Crippen molar-refractivity contribution in [3.63, 3.8) is 0 Å². The molecule has 0 radical (unpaired) electrons. The van der Waals surface area contributed by atoms with Crippen molar-refractivity contribution in [2.75, 3.05) is 0 Å². The van der Waals surface area contributed by atoms with Crippen molar-refractivity contribution in [1.29, 1.82) is 0 Å². The van der Waals surface area contributed by atoms with Gasteiger partial charge in [0, 0.05) is 5.56 Å². The molecule has 0 aliphatic rings. The van der Waals surface area contributed by atoms with Crippen LogP contribution in [-0.2, 0) is 0 Å². The van der Waals surface area contributed by atoms with Gasteiger partial charge in [-0.3, -0.25) is 0 Å². The Morgan fingerprint density at radius 1 is 0.846 bits per heavy atom. The third kappa shape index (κ3) is 10.6. The quantitative estimate of drug-likeness (QED) is 0.541. The predicted molar refractivity (Wildman–Crippen MR) is 120 cm³/mol. The summed E-state index contributed by atoms with van der Waals surface area (Å²) >= 11 is 0. The van der Waals surface area contributed by atoms with Gasteiger partial charge in [-0.2, -0.15) is 0 Å². The summed E-state index contributed by atoms with van der Waals surface area (Å²) in [6.07, 6.45) is 1.98.